The van der Waals surface area contributed by atoms with E-state index in [4.69, 9.17) is 9.47 Å². The van der Waals surface area contributed by atoms with Crippen molar-refractivity contribution >= 4 is 23.5 Å². The van der Waals surface area contributed by atoms with Crippen LogP contribution in [0, 0.1) is 5.92 Å². The van der Waals surface area contributed by atoms with Crippen LogP contribution in [0.1, 0.15) is 78.2 Å². The third-order valence-electron chi connectivity index (χ3n) is 8.08. The van der Waals surface area contributed by atoms with E-state index < -0.39 is 47.0 Å². The summed E-state index contributed by atoms with van der Waals surface area (Å²) < 4.78 is 10.6. The van der Waals surface area contributed by atoms with Crippen LogP contribution >= 0.6 is 0 Å². The number of methoxy groups -OCH3 is 1. The number of carbonyl (C=O) groups excluding carboxylic acids is 4. The van der Waals surface area contributed by atoms with Crippen LogP contribution in [0.2, 0.25) is 0 Å². The number of hydrogen-bond acceptors (Lipinski definition) is 7. The number of epoxide rings is 1. The summed E-state index contributed by atoms with van der Waals surface area (Å²) in [5.74, 6) is -0.627. The molecule has 1 aromatic rings. The van der Waals surface area contributed by atoms with Crippen molar-refractivity contribution in [2.45, 2.75) is 108 Å². The molecule has 0 spiro atoms. The van der Waals surface area contributed by atoms with Crippen molar-refractivity contribution in [3.8, 4) is 5.75 Å². The van der Waals surface area contributed by atoms with Crippen LogP contribution < -0.4 is 20.7 Å². The number of ether oxygens (including phenoxy) is 2. The summed E-state index contributed by atoms with van der Waals surface area (Å²) >= 11 is 0. The molecule has 40 heavy (non-hydrogen) atoms. The molecule has 1 saturated heterocycles. The molecule has 0 radical (unpaired) electrons. The first-order valence-corrected chi connectivity index (χ1v) is 14.3. The van der Waals surface area contributed by atoms with E-state index in [1.54, 1.807) is 40.0 Å². The van der Waals surface area contributed by atoms with Crippen molar-refractivity contribution < 1.29 is 33.8 Å². The van der Waals surface area contributed by atoms with Gasteiger partial charge in [0.05, 0.1) is 31.8 Å². The van der Waals surface area contributed by atoms with Crippen molar-refractivity contribution in [1.82, 2.24) is 16.0 Å². The third kappa shape index (κ3) is 9.02. The highest BCUT2D eigenvalue weighted by atomic mass is 16.6. The number of carbonyl (C=O) groups is 4. The van der Waals surface area contributed by atoms with Gasteiger partial charge in [0.1, 0.15) is 23.4 Å². The summed E-state index contributed by atoms with van der Waals surface area (Å²) in [5.41, 5.74) is -1.28. The number of ketones is 1. The zero-order chi connectivity index (χ0) is 29.5. The molecule has 1 aliphatic heterocycles. The van der Waals surface area contributed by atoms with Gasteiger partial charge in [0.2, 0.25) is 17.7 Å². The van der Waals surface area contributed by atoms with Gasteiger partial charge in [-0.15, -0.1) is 0 Å². The Labute approximate surface area is 236 Å². The van der Waals surface area contributed by atoms with Crippen LogP contribution in [0.25, 0.3) is 0 Å². The topological polar surface area (TPSA) is 146 Å². The summed E-state index contributed by atoms with van der Waals surface area (Å²) in [4.78, 5) is 52.4. The average molecular weight is 560 g/mol. The first-order chi connectivity index (χ1) is 18.9. The molecule has 1 aliphatic carbocycles. The normalized spacial score (nSPS) is 22.4. The molecule has 2 aliphatic rings. The van der Waals surface area contributed by atoms with E-state index in [9.17, 15) is 24.3 Å². The Bertz CT molecular complexity index is 1050. The van der Waals surface area contributed by atoms with Gasteiger partial charge in [-0.05, 0) is 57.2 Å². The van der Waals surface area contributed by atoms with Crippen LogP contribution in [-0.2, 0) is 30.3 Å². The number of aliphatic hydroxyl groups is 1. The molecule has 0 aromatic heterocycles. The molecule has 4 N–H and O–H groups in total. The lowest BCUT2D eigenvalue weighted by atomic mass is 9.90. The number of amides is 3. The predicted octanol–water partition coefficient (Wildman–Crippen LogP) is 2.20. The van der Waals surface area contributed by atoms with Gasteiger partial charge in [-0.25, -0.2) is 0 Å². The minimum atomic E-state index is -1.18. The molecule has 0 unspecified atom stereocenters. The lowest BCUT2D eigenvalue weighted by molar-refractivity contribution is -0.134. The summed E-state index contributed by atoms with van der Waals surface area (Å²) in [5, 5.41) is 18.5. The van der Waals surface area contributed by atoms with Gasteiger partial charge in [0.25, 0.3) is 0 Å². The predicted molar refractivity (Wildman–Crippen MR) is 150 cm³/mol. The largest absolute Gasteiger partial charge is 0.497 e. The fourth-order valence-corrected chi connectivity index (χ4v) is 5.03. The smallest absolute Gasteiger partial charge is 0.243 e. The molecule has 3 amide bonds. The van der Waals surface area contributed by atoms with E-state index in [1.807, 2.05) is 12.1 Å². The van der Waals surface area contributed by atoms with Crippen LogP contribution in [-0.4, -0.2) is 71.7 Å². The van der Waals surface area contributed by atoms with E-state index in [1.165, 1.54) is 6.92 Å². The molecule has 3 rings (SSSR count). The minimum Gasteiger partial charge on any atom is -0.497 e. The van der Waals surface area contributed by atoms with Crippen molar-refractivity contribution in [3.05, 3.63) is 29.8 Å². The monoisotopic (exact) mass is 559 g/mol. The van der Waals surface area contributed by atoms with E-state index in [-0.39, 0.29) is 18.6 Å². The zero-order valence-corrected chi connectivity index (χ0v) is 24.4. The number of Topliss-reactive ketones (excluding diaryl/α,β-unsaturated/α-hetero) is 1. The van der Waals surface area contributed by atoms with Crippen molar-refractivity contribution in [2.75, 3.05) is 13.7 Å². The maximum absolute atomic E-state index is 13.6. The summed E-state index contributed by atoms with van der Waals surface area (Å²) in [6, 6.07) is 4.50. The SMILES string of the molecule is CC[C@@](C)(O)CC(=O)N[C@H](C)C(=O)N[C@@H](Cc1ccc(OC)cc1)C(=O)N[C@@H](CC1CCCC1)C(=O)[C@@]1(C)CO1. The molecule has 1 saturated carbocycles. The van der Waals surface area contributed by atoms with Crippen LogP contribution in [0.3, 0.4) is 0 Å². The summed E-state index contributed by atoms with van der Waals surface area (Å²) in [6.45, 7) is 6.92. The highest BCUT2D eigenvalue weighted by Crippen LogP contribution is 2.33. The van der Waals surface area contributed by atoms with Gasteiger partial charge in [-0.3, -0.25) is 19.2 Å². The number of rotatable bonds is 15. The molecular weight excluding hydrogens is 514 g/mol. The van der Waals surface area contributed by atoms with E-state index in [0.717, 1.165) is 31.2 Å². The minimum absolute atomic E-state index is 0.147. The molecule has 1 aromatic carbocycles. The summed E-state index contributed by atoms with van der Waals surface area (Å²) in [6.07, 6.45) is 5.21. The number of nitrogens with one attached hydrogen (secondary N) is 3. The second-order valence-corrected chi connectivity index (χ2v) is 11.8. The Kier molecular flexibility index (Phi) is 10.7. The zero-order valence-electron chi connectivity index (χ0n) is 24.4. The molecule has 10 nitrogen and oxygen atoms in total. The second-order valence-electron chi connectivity index (χ2n) is 11.8. The standard InChI is InChI=1S/C30H45N3O7/c1-6-29(3,38)17-25(34)31-19(2)27(36)33-24(16-21-11-13-22(39-5)14-12-21)28(37)32-23(15-20-9-7-8-10-20)26(35)30(4)18-40-30/h11-14,19-20,23-24,38H,6-10,15-18H2,1-5H3,(H,31,34)(H,32,37)(H,33,36)/t19-,23+,24+,29-,30-/m1/s1. The first kappa shape index (κ1) is 31.5. The highest BCUT2D eigenvalue weighted by molar-refractivity contribution is 5.98. The highest BCUT2D eigenvalue weighted by Gasteiger charge is 2.50. The molecule has 2 fully saturated rings. The Balaban J connectivity index is 1.74. The first-order valence-electron chi connectivity index (χ1n) is 14.3. The maximum atomic E-state index is 13.6. The van der Waals surface area contributed by atoms with Gasteiger partial charge >= 0.3 is 0 Å². The molecular formula is C30H45N3O7. The van der Waals surface area contributed by atoms with Gasteiger partial charge in [0, 0.05) is 6.42 Å². The van der Waals surface area contributed by atoms with Gasteiger partial charge in [-0.2, -0.15) is 0 Å². The van der Waals surface area contributed by atoms with Crippen LogP contribution in [0.4, 0.5) is 0 Å². The maximum Gasteiger partial charge on any atom is 0.243 e. The van der Waals surface area contributed by atoms with Crippen molar-refractivity contribution in [3.63, 3.8) is 0 Å². The summed E-state index contributed by atoms with van der Waals surface area (Å²) in [7, 11) is 1.56. The Hall–Kier alpha value is -2.98. The lowest BCUT2D eigenvalue weighted by Gasteiger charge is -2.27. The van der Waals surface area contributed by atoms with Gasteiger partial charge < -0.3 is 30.5 Å². The molecule has 1 heterocycles. The molecule has 10 heteroatoms. The fourth-order valence-electron chi connectivity index (χ4n) is 5.03. The fraction of sp³-hybridized carbons (Fsp3) is 0.667. The lowest BCUT2D eigenvalue weighted by Crippen LogP contribution is -2.57. The van der Waals surface area contributed by atoms with Crippen LogP contribution in [0.5, 0.6) is 5.75 Å². The Morgan fingerprint density at radius 3 is 2.23 bits per heavy atom. The van der Waals surface area contributed by atoms with Gasteiger partial charge in [0.15, 0.2) is 5.78 Å². The van der Waals surface area contributed by atoms with E-state index in [0.29, 0.717) is 31.1 Å². The number of hydrogen-bond donors (Lipinski definition) is 4. The van der Waals surface area contributed by atoms with Crippen molar-refractivity contribution in [2.24, 2.45) is 5.92 Å². The van der Waals surface area contributed by atoms with E-state index >= 15 is 0 Å². The average Bonchev–Trinajstić information content (AvgIpc) is 3.45. The Morgan fingerprint density at radius 2 is 1.68 bits per heavy atom. The van der Waals surface area contributed by atoms with Gasteiger partial charge in [-0.1, -0.05) is 44.7 Å². The molecule has 222 valence electrons. The molecule has 0 bridgehead atoms. The number of benzene rings is 1. The van der Waals surface area contributed by atoms with E-state index in [2.05, 4.69) is 16.0 Å². The quantitative estimate of drug-likeness (QED) is 0.241. The molecule has 5 atom stereocenters. The Morgan fingerprint density at radius 1 is 1.07 bits per heavy atom. The third-order valence-corrected chi connectivity index (χ3v) is 8.08. The second kappa shape index (κ2) is 13.6. The van der Waals surface area contributed by atoms with Crippen molar-refractivity contribution in [1.29, 1.82) is 0 Å². The van der Waals surface area contributed by atoms with Crippen LogP contribution in [0.15, 0.2) is 24.3 Å².